The van der Waals surface area contributed by atoms with Crippen LogP contribution in [0.4, 0.5) is 5.69 Å². The van der Waals surface area contributed by atoms with Crippen LogP contribution in [0.2, 0.25) is 5.02 Å². The molecule has 1 aliphatic rings. The van der Waals surface area contributed by atoms with Crippen molar-refractivity contribution in [2.75, 3.05) is 0 Å². The Labute approximate surface area is 110 Å². The molecule has 1 fully saturated rings. The van der Waals surface area contributed by atoms with Gasteiger partial charge in [-0.1, -0.05) is 37.2 Å². The number of amides is 1. The lowest BCUT2D eigenvalue weighted by Gasteiger charge is -2.07. The molecule has 1 aliphatic heterocycles. The summed E-state index contributed by atoms with van der Waals surface area (Å²) in [5.41, 5.74) is 0.793. The summed E-state index contributed by atoms with van der Waals surface area (Å²) in [6.45, 7) is 4.06. The molecular weight excluding hydrogens is 256 g/mol. The Morgan fingerprint density at radius 2 is 2.00 bits per heavy atom. The summed E-state index contributed by atoms with van der Waals surface area (Å²) in [4.78, 5) is 16.0. The van der Waals surface area contributed by atoms with E-state index in [4.69, 9.17) is 11.6 Å². The molecule has 1 aromatic carbocycles. The third-order valence-corrected chi connectivity index (χ3v) is 4.07. The highest BCUT2D eigenvalue weighted by Gasteiger charge is 2.32. The normalized spacial score (nSPS) is 22.2. The number of halogens is 1. The molecule has 1 aromatic rings. The second kappa shape index (κ2) is 5.10. The van der Waals surface area contributed by atoms with Gasteiger partial charge in [0.2, 0.25) is 5.91 Å². The number of aliphatic imine (C=N–C) groups is 1. The van der Waals surface area contributed by atoms with Gasteiger partial charge in [0.15, 0.2) is 5.17 Å². The number of carbonyl (C=O) groups is 1. The van der Waals surface area contributed by atoms with Gasteiger partial charge in [0.05, 0.1) is 10.9 Å². The Morgan fingerprint density at radius 3 is 2.53 bits per heavy atom. The quantitative estimate of drug-likeness (QED) is 0.895. The third kappa shape index (κ3) is 3.01. The van der Waals surface area contributed by atoms with E-state index in [0.717, 1.165) is 5.69 Å². The van der Waals surface area contributed by atoms with Crippen LogP contribution in [-0.4, -0.2) is 16.3 Å². The molecule has 0 saturated carbocycles. The minimum absolute atomic E-state index is 0.0395. The van der Waals surface area contributed by atoms with Crippen molar-refractivity contribution in [1.29, 1.82) is 0 Å². The number of hydrogen-bond donors (Lipinski definition) is 1. The number of benzene rings is 1. The fourth-order valence-electron chi connectivity index (χ4n) is 1.51. The van der Waals surface area contributed by atoms with Crippen molar-refractivity contribution in [1.82, 2.24) is 5.32 Å². The van der Waals surface area contributed by atoms with Crippen molar-refractivity contribution >= 4 is 40.1 Å². The molecule has 0 spiro atoms. The number of amidine groups is 1. The monoisotopic (exact) mass is 268 g/mol. The van der Waals surface area contributed by atoms with Gasteiger partial charge in [-0.3, -0.25) is 4.79 Å². The standard InChI is InChI=1S/C12H13ClN2OS/c1-7(2)10-11(16)15-12(17-10)14-9-5-3-8(13)4-6-9/h3-7,10H,1-2H3,(H,14,15,16). The Kier molecular flexibility index (Phi) is 3.74. The van der Waals surface area contributed by atoms with Gasteiger partial charge in [0, 0.05) is 5.02 Å². The van der Waals surface area contributed by atoms with Gasteiger partial charge in [-0.25, -0.2) is 4.99 Å². The minimum Gasteiger partial charge on any atom is -0.304 e. The van der Waals surface area contributed by atoms with Gasteiger partial charge in [0.1, 0.15) is 0 Å². The number of carbonyl (C=O) groups excluding carboxylic acids is 1. The van der Waals surface area contributed by atoms with Crippen molar-refractivity contribution in [3.05, 3.63) is 29.3 Å². The van der Waals surface area contributed by atoms with Gasteiger partial charge in [-0.2, -0.15) is 0 Å². The minimum atomic E-state index is -0.0407. The third-order valence-electron chi connectivity index (χ3n) is 2.39. The lowest BCUT2D eigenvalue weighted by atomic mass is 10.1. The van der Waals surface area contributed by atoms with E-state index in [0.29, 0.717) is 16.1 Å². The Hall–Kier alpha value is -1.00. The maximum atomic E-state index is 11.6. The van der Waals surface area contributed by atoms with Gasteiger partial charge in [0.25, 0.3) is 0 Å². The lowest BCUT2D eigenvalue weighted by molar-refractivity contribution is -0.119. The van der Waals surface area contributed by atoms with Crippen LogP contribution in [0.25, 0.3) is 0 Å². The van der Waals surface area contributed by atoms with Crippen molar-refractivity contribution in [2.24, 2.45) is 10.9 Å². The van der Waals surface area contributed by atoms with Crippen LogP contribution >= 0.6 is 23.4 Å². The van der Waals surface area contributed by atoms with Gasteiger partial charge < -0.3 is 5.32 Å². The molecule has 1 unspecified atom stereocenters. The Balaban J connectivity index is 2.14. The molecule has 17 heavy (non-hydrogen) atoms. The van der Waals surface area contributed by atoms with Crippen molar-refractivity contribution in [2.45, 2.75) is 19.1 Å². The number of nitrogens with one attached hydrogen (secondary N) is 1. The van der Waals surface area contributed by atoms with E-state index in [1.54, 1.807) is 12.1 Å². The summed E-state index contributed by atoms with van der Waals surface area (Å²) >= 11 is 7.28. The number of nitrogens with zero attached hydrogens (tertiary/aromatic N) is 1. The molecule has 0 bridgehead atoms. The first-order valence-corrected chi connectivity index (χ1v) is 6.64. The summed E-state index contributed by atoms with van der Waals surface area (Å²) in [6, 6.07) is 7.21. The van der Waals surface area contributed by atoms with Gasteiger partial charge in [-0.05, 0) is 30.2 Å². The molecule has 3 nitrogen and oxygen atoms in total. The van der Waals surface area contributed by atoms with Crippen LogP contribution in [0.1, 0.15) is 13.8 Å². The molecule has 1 N–H and O–H groups in total. The number of thioether (sulfide) groups is 1. The molecule has 2 rings (SSSR count). The predicted molar refractivity (Wildman–Crippen MR) is 72.9 cm³/mol. The average Bonchev–Trinajstić information content (AvgIpc) is 2.63. The molecular formula is C12H13ClN2OS. The maximum Gasteiger partial charge on any atom is 0.239 e. The molecule has 0 aliphatic carbocycles. The average molecular weight is 269 g/mol. The number of hydrogen-bond acceptors (Lipinski definition) is 3. The molecule has 1 saturated heterocycles. The largest absolute Gasteiger partial charge is 0.304 e. The molecule has 5 heteroatoms. The fourth-order valence-corrected chi connectivity index (χ4v) is 2.63. The second-order valence-electron chi connectivity index (χ2n) is 4.17. The SMILES string of the molecule is CC(C)C1SC(=Nc2ccc(Cl)cc2)NC1=O. The van der Waals surface area contributed by atoms with Crippen molar-refractivity contribution in [3.63, 3.8) is 0 Å². The summed E-state index contributed by atoms with van der Waals surface area (Å²) < 4.78 is 0. The molecule has 0 aromatic heterocycles. The topological polar surface area (TPSA) is 41.5 Å². The van der Waals surface area contributed by atoms with E-state index in [-0.39, 0.29) is 11.2 Å². The Bertz CT molecular complexity index is 456. The van der Waals surface area contributed by atoms with Crippen LogP contribution in [0.3, 0.4) is 0 Å². The smallest absolute Gasteiger partial charge is 0.239 e. The molecule has 1 heterocycles. The molecule has 90 valence electrons. The van der Waals surface area contributed by atoms with Crippen molar-refractivity contribution < 1.29 is 4.79 Å². The molecule has 1 atom stereocenters. The molecule has 0 radical (unpaired) electrons. The van der Waals surface area contributed by atoms with Crippen LogP contribution < -0.4 is 5.32 Å². The van der Waals surface area contributed by atoms with E-state index in [1.165, 1.54) is 11.8 Å². The summed E-state index contributed by atoms with van der Waals surface area (Å²) in [5.74, 6) is 0.343. The first kappa shape index (κ1) is 12.5. The zero-order chi connectivity index (χ0) is 12.4. The summed E-state index contributed by atoms with van der Waals surface area (Å²) in [6.07, 6.45) is 0. The zero-order valence-electron chi connectivity index (χ0n) is 9.61. The Morgan fingerprint density at radius 1 is 1.35 bits per heavy atom. The van der Waals surface area contributed by atoms with E-state index in [9.17, 15) is 4.79 Å². The van der Waals surface area contributed by atoms with E-state index < -0.39 is 0 Å². The van der Waals surface area contributed by atoms with E-state index >= 15 is 0 Å². The number of rotatable bonds is 2. The van der Waals surface area contributed by atoms with E-state index in [2.05, 4.69) is 10.3 Å². The van der Waals surface area contributed by atoms with Crippen molar-refractivity contribution in [3.8, 4) is 0 Å². The summed E-state index contributed by atoms with van der Waals surface area (Å²) in [7, 11) is 0. The molecule has 1 amide bonds. The van der Waals surface area contributed by atoms with Gasteiger partial charge >= 0.3 is 0 Å². The zero-order valence-corrected chi connectivity index (χ0v) is 11.2. The van der Waals surface area contributed by atoms with Gasteiger partial charge in [-0.15, -0.1) is 0 Å². The maximum absolute atomic E-state index is 11.6. The second-order valence-corrected chi connectivity index (χ2v) is 5.73. The van der Waals surface area contributed by atoms with Crippen LogP contribution in [0.15, 0.2) is 29.3 Å². The van der Waals surface area contributed by atoms with E-state index in [1.807, 2.05) is 26.0 Å². The highest BCUT2D eigenvalue weighted by molar-refractivity contribution is 8.15. The van der Waals surface area contributed by atoms with Crippen LogP contribution in [-0.2, 0) is 4.79 Å². The summed E-state index contributed by atoms with van der Waals surface area (Å²) in [5, 5.41) is 4.09. The fraction of sp³-hybridized carbons (Fsp3) is 0.333. The highest BCUT2D eigenvalue weighted by Crippen LogP contribution is 2.28. The highest BCUT2D eigenvalue weighted by atomic mass is 35.5. The first-order valence-electron chi connectivity index (χ1n) is 5.38. The predicted octanol–water partition coefficient (Wildman–Crippen LogP) is 3.22. The van der Waals surface area contributed by atoms with Crippen LogP contribution in [0.5, 0.6) is 0 Å². The first-order chi connectivity index (χ1) is 8.06. The lowest BCUT2D eigenvalue weighted by Crippen LogP contribution is -2.27. The van der Waals surface area contributed by atoms with Crippen LogP contribution in [0, 0.1) is 5.92 Å².